The molecule has 1 aliphatic heterocycles. The molecule has 2 fully saturated rings. The normalized spacial score (nSPS) is 21.0. The lowest BCUT2D eigenvalue weighted by Crippen LogP contribution is -2.34. The zero-order chi connectivity index (χ0) is 12.7. The summed E-state index contributed by atoms with van der Waals surface area (Å²) in [5.41, 5.74) is 2.11. The predicted molar refractivity (Wildman–Crippen MR) is 82.4 cm³/mol. The number of rotatable bonds is 3. The molecule has 2 aromatic rings. The molecule has 0 spiro atoms. The van der Waals surface area contributed by atoms with Crippen molar-refractivity contribution in [3.63, 3.8) is 0 Å². The number of benzene rings is 1. The van der Waals surface area contributed by atoms with Gasteiger partial charge in [-0.3, -0.25) is 0 Å². The third-order valence-electron chi connectivity index (χ3n) is 4.59. The Morgan fingerprint density at radius 1 is 1.10 bits per heavy atom. The number of piperidine rings is 1. The van der Waals surface area contributed by atoms with Gasteiger partial charge in [0, 0.05) is 17.8 Å². The molecule has 1 saturated carbocycles. The van der Waals surface area contributed by atoms with E-state index >= 15 is 0 Å². The summed E-state index contributed by atoms with van der Waals surface area (Å²) in [6, 6.07) is 8.23. The molecule has 1 aromatic carbocycles. The fraction of sp³-hybridized carbons (Fsp3) is 0.562. The van der Waals surface area contributed by atoms with Crippen LogP contribution >= 0.6 is 12.4 Å². The van der Waals surface area contributed by atoms with Crippen molar-refractivity contribution in [2.45, 2.75) is 31.6 Å². The molecule has 0 radical (unpaired) electrons. The van der Waals surface area contributed by atoms with Crippen molar-refractivity contribution in [2.24, 2.45) is 5.92 Å². The van der Waals surface area contributed by atoms with E-state index in [0.29, 0.717) is 5.92 Å². The molecule has 3 nitrogen and oxygen atoms in total. The van der Waals surface area contributed by atoms with Gasteiger partial charge in [-0.05, 0) is 56.8 Å². The fourth-order valence-corrected chi connectivity index (χ4v) is 3.25. The van der Waals surface area contributed by atoms with Crippen LogP contribution in [0.3, 0.4) is 0 Å². The number of para-hydroxylation sites is 1. The lowest BCUT2D eigenvalue weighted by Gasteiger charge is -2.31. The largest absolute Gasteiger partial charge is 0.356 e. The SMILES string of the molecule is Cl.c1ccc2c(C3CCN(CC4CC4)CC3)noc2c1. The molecule has 0 N–H and O–H groups in total. The number of halogens is 1. The number of hydrogen-bond acceptors (Lipinski definition) is 3. The van der Waals surface area contributed by atoms with E-state index in [1.807, 2.05) is 12.1 Å². The van der Waals surface area contributed by atoms with Crippen LogP contribution in [-0.4, -0.2) is 29.7 Å². The molecule has 2 aliphatic rings. The number of hydrogen-bond donors (Lipinski definition) is 0. The van der Waals surface area contributed by atoms with Crippen LogP contribution in [0.1, 0.15) is 37.3 Å². The Bertz CT molecular complexity index is 571. The van der Waals surface area contributed by atoms with E-state index in [2.05, 4.69) is 22.2 Å². The summed E-state index contributed by atoms with van der Waals surface area (Å²) in [4.78, 5) is 2.64. The summed E-state index contributed by atoms with van der Waals surface area (Å²) < 4.78 is 5.44. The van der Waals surface area contributed by atoms with Crippen LogP contribution < -0.4 is 0 Å². The zero-order valence-corrected chi connectivity index (χ0v) is 12.4. The number of aromatic nitrogens is 1. The Morgan fingerprint density at radius 3 is 2.60 bits per heavy atom. The lowest BCUT2D eigenvalue weighted by molar-refractivity contribution is 0.202. The van der Waals surface area contributed by atoms with Gasteiger partial charge in [0.25, 0.3) is 0 Å². The number of likely N-dealkylation sites (tertiary alicyclic amines) is 1. The van der Waals surface area contributed by atoms with Crippen LogP contribution in [0.15, 0.2) is 28.8 Å². The summed E-state index contributed by atoms with van der Waals surface area (Å²) >= 11 is 0. The van der Waals surface area contributed by atoms with Crippen LogP contribution in [0, 0.1) is 5.92 Å². The second kappa shape index (κ2) is 5.74. The minimum absolute atomic E-state index is 0. The molecule has 2 heterocycles. The van der Waals surface area contributed by atoms with Gasteiger partial charge in [-0.1, -0.05) is 17.3 Å². The van der Waals surface area contributed by atoms with Crippen LogP contribution in [0.2, 0.25) is 0 Å². The Kier molecular flexibility index (Phi) is 3.99. The maximum absolute atomic E-state index is 5.44. The molecule has 4 rings (SSSR count). The van der Waals surface area contributed by atoms with E-state index in [1.54, 1.807) is 0 Å². The highest BCUT2D eigenvalue weighted by molar-refractivity contribution is 5.85. The smallest absolute Gasteiger partial charge is 0.167 e. The first-order valence-corrected chi connectivity index (χ1v) is 7.47. The first-order valence-electron chi connectivity index (χ1n) is 7.47. The average Bonchev–Trinajstić information content (AvgIpc) is 3.16. The quantitative estimate of drug-likeness (QED) is 0.861. The molecule has 4 heteroatoms. The number of fused-ring (bicyclic) bond motifs is 1. The first kappa shape index (κ1) is 13.9. The van der Waals surface area contributed by atoms with E-state index in [9.17, 15) is 0 Å². The van der Waals surface area contributed by atoms with Gasteiger partial charge in [0.05, 0.1) is 5.69 Å². The van der Waals surface area contributed by atoms with Crippen molar-refractivity contribution in [3.8, 4) is 0 Å². The molecule has 1 aliphatic carbocycles. The van der Waals surface area contributed by atoms with Crippen LogP contribution in [0.5, 0.6) is 0 Å². The van der Waals surface area contributed by atoms with E-state index < -0.39 is 0 Å². The molecule has 0 bridgehead atoms. The van der Waals surface area contributed by atoms with Crippen molar-refractivity contribution in [2.75, 3.05) is 19.6 Å². The monoisotopic (exact) mass is 292 g/mol. The molecule has 1 aromatic heterocycles. The molecule has 108 valence electrons. The van der Waals surface area contributed by atoms with Crippen molar-refractivity contribution in [1.82, 2.24) is 10.1 Å². The highest BCUT2D eigenvalue weighted by Crippen LogP contribution is 2.35. The molecule has 0 amide bonds. The summed E-state index contributed by atoms with van der Waals surface area (Å²) in [7, 11) is 0. The summed E-state index contributed by atoms with van der Waals surface area (Å²) in [6.07, 6.45) is 5.36. The zero-order valence-electron chi connectivity index (χ0n) is 11.6. The van der Waals surface area contributed by atoms with Crippen LogP contribution in [-0.2, 0) is 0 Å². The van der Waals surface area contributed by atoms with Crippen molar-refractivity contribution >= 4 is 23.4 Å². The van der Waals surface area contributed by atoms with Gasteiger partial charge in [0.1, 0.15) is 0 Å². The Morgan fingerprint density at radius 2 is 1.85 bits per heavy atom. The fourth-order valence-electron chi connectivity index (χ4n) is 3.25. The second-order valence-corrected chi connectivity index (χ2v) is 6.08. The molecular formula is C16H21ClN2O. The van der Waals surface area contributed by atoms with Crippen LogP contribution in [0.25, 0.3) is 11.0 Å². The second-order valence-electron chi connectivity index (χ2n) is 6.08. The van der Waals surface area contributed by atoms with Gasteiger partial charge in [-0.15, -0.1) is 12.4 Å². The minimum Gasteiger partial charge on any atom is -0.356 e. The van der Waals surface area contributed by atoms with E-state index in [1.165, 1.54) is 56.4 Å². The summed E-state index contributed by atoms with van der Waals surface area (Å²) in [6.45, 7) is 3.77. The topological polar surface area (TPSA) is 29.3 Å². The van der Waals surface area contributed by atoms with Gasteiger partial charge in [0.15, 0.2) is 5.58 Å². The third kappa shape index (κ3) is 2.70. The van der Waals surface area contributed by atoms with Crippen molar-refractivity contribution < 1.29 is 4.52 Å². The average molecular weight is 293 g/mol. The van der Waals surface area contributed by atoms with Gasteiger partial charge >= 0.3 is 0 Å². The molecule has 0 atom stereocenters. The first-order chi connectivity index (χ1) is 9.40. The molecule has 0 unspecified atom stereocenters. The van der Waals surface area contributed by atoms with Crippen molar-refractivity contribution in [1.29, 1.82) is 0 Å². The molecular weight excluding hydrogens is 272 g/mol. The van der Waals surface area contributed by atoms with Gasteiger partial charge in [-0.25, -0.2) is 0 Å². The maximum Gasteiger partial charge on any atom is 0.167 e. The van der Waals surface area contributed by atoms with E-state index in [-0.39, 0.29) is 12.4 Å². The highest BCUT2D eigenvalue weighted by atomic mass is 35.5. The Labute approximate surface area is 125 Å². The van der Waals surface area contributed by atoms with Crippen molar-refractivity contribution in [3.05, 3.63) is 30.0 Å². The van der Waals surface area contributed by atoms with Crippen LogP contribution in [0.4, 0.5) is 0 Å². The standard InChI is InChI=1S/C16H20N2O.ClH/c1-2-4-15-14(3-1)16(17-19-15)13-7-9-18(10-8-13)11-12-5-6-12;/h1-4,12-13H,5-11H2;1H. The van der Waals surface area contributed by atoms with Gasteiger partial charge in [0.2, 0.25) is 0 Å². The summed E-state index contributed by atoms with van der Waals surface area (Å²) in [5, 5.41) is 5.54. The third-order valence-corrected chi connectivity index (χ3v) is 4.59. The van der Waals surface area contributed by atoms with Gasteiger partial charge in [-0.2, -0.15) is 0 Å². The maximum atomic E-state index is 5.44. The van der Waals surface area contributed by atoms with Gasteiger partial charge < -0.3 is 9.42 Å². The van der Waals surface area contributed by atoms with E-state index in [4.69, 9.17) is 4.52 Å². The minimum atomic E-state index is 0. The molecule has 1 saturated heterocycles. The lowest BCUT2D eigenvalue weighted by atomic mass is 9.91. The Hall–Kier alpha value is -1.06. The molecule has 20 heavy (non-hydrogen) atoms. The van der Waals surface area contributed by atoms with E-state index in [0.717, 1.165) is 11.5 Å². The Balaban J connectivity index is 0.00000121. The summed E-state index contributed by atoms with van der Waals surface area (Å²) in [5.74, 6) is 1.59. The highest BCUT2D eigenvalue weighted by Gasteiger charge is 2.29. The number of nitrogens with zero attached hydrogens (tertiary/aromatic N) is 2. The predicted octanol–water partition coefficient (Wildman–Crippen LogP) is 3.84.